The SMILES string of the molecule is CS/C(=C\C(=O)c1ccccc1)c1ccc(Cl)cc1. The van der Waals surface area contributed by atoms with E-state index < -0.39 is 0 Å². The van der Waals surface area contributed by atoms with Gasteiger partial charge in [-0.2, -0.15) is 0 Å². The van der Waals surface area contributed by atoms with Crippen molar-refractivity contribution >= 4 is 34.1 Å². The zero-order valence-corrected chi connectivity index (χ0v) is 12.0. The van der Waals surface area contributed by atoms with Crippen LogP contribution < -0.4 is 0 Å². The number of thioether (sulfide) groups is 1. The van der Waals surface area contributed by atoms with Crippen LogP contribution in [0.2, 0.25) is 5.02 Å². The third-order valence-electron chi connectivity index (χ3n) is 2.67. The van der Waals surface area contributed by atoms with Crippen LogP contribution in [0.4, 0.5) is 0 Å². The summed E-state index contributed by atoms with van der Waals surface area (Å²) < 4.78 is 0. The van der Waals surface area contributed by atoms with E-state index in [2.05, 4.69) is 0 Å². The largest absolute Gasteiger partial charge is 0.289 e. The van der Waals surface area contributed by atoms with Gasteiger partial charge in [-0.15, -0.1) is 11.8 Å². The fourth-order valence-corrected chi connectivity index (χ4v) is 2.40. The van der Waals surface area contributed by atoms with E-state index in [1.807, 2.05) is 60.9 Å². The Bertz CT molecular complexity index is 588. The second kappa shape index (κ2) is 6.60. The van der Waals surface area contributed by atoms with Gasteiger partial charge in [0.05, 0.1) is 0 Å². The van der Waals surface area contributed by atoms with Crippen molar-refractivity contribution in [3.8, 4) is 0 Å². The Kier molecular flexibility index (Phi) is 4.83. The van der Waals surface area contributed by atoms with Gasteiger partial charge in [-0.1, -0.05) is 54.1 Å². The van der Waals surface area contributed by atoms with Crippen LogP contribution >= 0.6 is 23.4 Å². The van der Waals surface area contributed by atoms with Crippen molar-refractivity contribution < 1.29 is 4.79 Å². The Balaban J connectivity index is 2.29. The first kappa shape index (κ1) is 13.9. The quantitative estimate of drug-likeness (QED) is 0.586. The number of hydrogen-bond donors (Lipinski definition) is 0. The maximum Gasteiger partial charge on any atom is 0.186 e. The van der Waals surface area contributed by atoms with E-state index in [4.69, 9.17) is 11.6 Å². The predicted octanol–water partition coefficient (Wildman–Crippen LogP) is 4.93. The molecule has 0 aliphatic carbocycles. The van der Waals surface area contributed by atoms with Crippen LogP contribution in [0.15, 0.2) is 60.7 Å². The molecule has 96 valence electrons. The number of carbonyl (C=O) groups excluding carboxylic acids is 1. The molecule has 1 nitrogen and oxygen atoms in total. The average Bonchev–Trinajstić information content (AvgIpc) is 2.46. The second-order valence-electron chi connectivity index (χ2n) is 3.95. The highest BCUT2D eigenvalue weighted by Crippen LogP contribution is 2.26. The van der Waals surface area contributed by atoms with Crippen LogP contribution in [0, 0.1) is 0 Å². The monoisotopic (exact) mass is 288 g/mol. The van der Waals surface area contributed by atoms with Gasteiger partial charge in [0.15, 0.2) is 5.78 Å². The lowest BCUT2D eigenvalue weighted by Crippen LogP contribution is -1.95. The van der Waals surface area contributed by atoms with Crippen molar-refractivity contribution in [2.24, 2.45) is 0 Å². The summed E-state index contributed by atoms with van der Waals surface area (Å²) in [4.78, 5) is 13.1. The predicted molar refractivity (Wildman–Crippen MR) is 83.7 cm³/mol. The van der Waals surface area contributed by atoms with Crippen LogP contribution in [-0.4, -0.2) is 12.0 Å². The molecule has 0 aliphatic heterocycles. The molecule has 0 saturated carbocycles. The fraction of sp³-hybridized carbons (Fsp3) is 0.0625. The molecule has 0 amide bonds. The summed E-state index contributed by atoms with van der Waals surface area (Å²) in [5.74, 6) is 0.0138. The van der Waals surface area contributed by atoms with Crippen molar-refractivity contribution in [3.05, 3.63) is 76.8 Å². The van der Waals surface area contributed by atoms with Crippen molar-refractivity contribution in [2.45, 2.75) is 0 Å². The normalized spacial score (nSPS) is 11.4. The molecule has 0 radical (unpaired) electrons. The third kappa shape index (κ3) is 3.72. The Morgan fingerprint density at radius 2 is 1.63 bits per heavy atom. The van der Waals surface area contributed by atoms with Crippen LogP contribution in [0.1, 0.15) is 15.9 Å². The molecule has 2 aromatic carbocycles. The summed E-state index contributed by atoms with van der Waals surface area (Å²) in [6.07, 6.45) is 3.63. The number of ketones is 1. The number of halogens is 1. The van der Waals surface area contributed by atoms with E-state index in [0.717, 1.165) is 10.5 Å². The zero-order chi connectivity index (χ0) is 13.7. The standard InChI is InChI=1S/C16H13ClOS/c1-19-16(13-7-9-14(17)10-8-13)11-15(18)12-5-3-2-4-6-12/h2-11H,1H3/b16-11-. The maximum absolute atomic E-state index is 12.1. The molecule has 0 heterocycles. The van der Waals surface area contributed by atoms with Gasteiger partial charge >= 0.3 is 0 Å². The number of rotatable bonds is 4. The molecule has 0 aliphatic rings. The molecular weight excluding hydrogens is 276 g/mol. The molecule has 2 aromatic rings. The Morgan fingerprint density at radius 1 is 1.00 bits per heavy atom. The first-order chi connectivity index (χ1) is 9.20. The van der Waals surface area contributed by atoms with E-state index in [-0.39, 0.29) is 5.78 Å². The van der Waals surface area contributed by atoms with Crippen LogP contribution in [0.25, 0.3) is 4.91 Å². The molecule has 0 atom stereocenters. The minimum atomic E-state index is 0.0138. The molecule has 0 saturated heterocycles. The highest BCUT2D eigenvalue weighted by molar-refractivity contribution is 8.07. The molecular formula is C16H13ClOS. The molecule has 0 fully saturated rings. The summed E-state index contributed by atoms with van der Waals surface area (Å²) in [5, 5.41) is 0.693. The van der Waals surface area contributed by atoms with Gasteiger partial charge in [0.1, 0.15) is 0 Å². The van der Waals surface area contributed by atoms with Gasteiger partial charge in [-0.25, -0.2) is 0 Å². The lowest BCUT2D eigenvalue weighted by Gasteiger charge is -2.04. The van der Waals surface area contributed by atoms with Gasteiger partial charge in [0.2, 0.25) is 0 Å². The Hall–Kier alpha value is -1.51. The number of benzene rings is 2. The minimum absolute atomic E-state index is 0.0138. The van der Waals surface area contributed by atoms with E-state index in [1.54, 1.807) is 17.8 Å². The zero-order valence-electron chi connectivity index (χ0n) is 10.5. The molecule has 0 unspecified atom stereocenters. The average molecular weight is 289 g/mol. The van der Waals surface area contributed by atoms with Crippen LogP contribution in [-0.2, 0) is 0 Å². The summed E-state index contributed by atoms with van der Waals surface area (Å²) in [7, 11) is 0. The van der Waals surface area contributed by atoms with Crippen molar-refractivity contribution in [1.82, 2.24) is 0 Å². The highest BCUT2D eigenvalue weighted by atomic mass is 35.5. The van der Waals surface area contributed by atoms with Crippen molar-refractivity contribution in [3.63, 3.8) is 0 Å². The lowest BCUT2D eigenvalue weighted by molar-refractivity contribution is 0.104. The fourth-order valence-electron chi connectivity index (χ4n) is 1.68. The maximum atomic E-state index is 12.1. The molecule has 0 N–H and O–H groups in total. The second-order valence-corrected chi connectivity index (χ2v) is 5.23. The Morgan fingerprint density at radius 3 is 2.21 bits per heavy atom. The van der Waals surface area contributed by atoms with Gasteiger partial charge in [-0.3, -0.25) is 4.79 Å². The van der Waals surface area contributed by atoms with Gasteiger partial charge < -0.3 is 0 Å². The summed E-state index contributed by atoms with van der Waals surface area (Å²) in [6, 6.07) is 16.8. The third-order valence-corrected chi connectivity index (χ3v) is 3.71. The molecule has 0 bridgehead atoms. The highest BCUT2D eigenvalue weighted by Gasteiger charge is 2.06. The lowest BCUT2D eigenvalue weighted by atomic mass is 10.1. The summed E-state index contributed by atoms with van der Waals surface area (Å²) >= 11 is 7.42. The van der Waals surface area contributed by atoms with E-state index >= 15 is 0 Å². The van der Waals surface area contributed by atoms with Gasteiger partial charge in [0.25, 0.3) is 0 Å². The van der Waals surface area contributed by atoms with Crippen molar-refractivity contribution in [1.29, 1.82) is 0 Å². The topological polar surface area (TPSA) is 17.1 Å². The van der Waals surface area contributed by atoms with E-state index in [0.29, 0.717) is 10.6 Å². The minimum Gasteiger partial charge on any atom is -0.289 e. The molecule has 0 aromatic heterocycles. The van der Waals surface area contributed by atoms with Gasteiger partial charge in [-0.05, 0) is 24.0 Å². The molecule has 3 heteroatoms. The number of hydrogen-bond acceptors (Lipinski definition) is 2. The first-order valence-corrected chi connectivity index (χ1v) is 7.42. The molecule has 19 heavy (non-hydrogen) atoms. The van der Waals surface area contributed by atoms with E-state index in [1.165, 1.54) is 0 Å². The van der Waals surface area contributed by atoms with Gasteiger partial charge in [0, 0.05) is 21.6 Å². The van der Waals surface area contributed by atoms with E-state index in [9.17, 15) is 4.79 Å². The molecule has 2 rings (SSSR count). The molecule has 0 spiro atoms. The number of allylic oxidation sites excluding steroid dienone is 1. The Labute approximate surface area is 122 Å². The van der Waals surface area contributed by atoms with Crippen LogP contribution in [0.5, 0.6) is 0 Å². The smallest absolute Gasteiger partial charge is 0.186 e. The number of carbonyl (C=O) groups is 1. The first-order valence-electron chi connectivity index (χ1n) is 5.81. The summed E-state index contributed by atoms with van der Waals surface area (Å²) in [6.45, 7) is 0. The van der Waals surface area contributed by atoms with Crippen molar-refractivity contribution in [2.75, 3.05) is 6.26 Å². The van der Waals surface area contributed by atoms with Crippen LogP contribution in [0.3, 0.4) is 0 Å². The summed E-state index contributed by atoms with van der Waals surface area (Å²) in [5.41, 5.74) is 1.70.